The molecule has 1 aliphatic rings. The smallest absolute Gasteiger partial charge is 0.407 e. The number of rotatable bonds is 13. The topological polar surface area (TPSA) is 84.9 Å². The van der Waals surface area contributed by atoms with Crippen LogP contribution in [0, 0.1) is 0 Å². The number of fused-ring (bicyclic) bond motifs is 3. The van der Waals surface area contributed by atoms with Crippen LogP contribution in [0.25, 0.3) is 11.1 Å². The Kier molecular flexibility index (Phi) is 9.49. The number of alkyl carbamates (subject to hydrolysis) is 1. The minimum Gasteiger partial charge on any atom is -0.497 e. The van der Waals surface area contributed by atoms with Gasteiger partial charge in [-0.05, 0) is 58.5 Å². The van der Waals surface area contributed by atoms with Crippen molar-refractivity contribution in [3.8, 4) is 16.9 Å². The molecule has 0 bridgehead atoms. The van der Waals surface area contributed by atoms with Gasteiger partial charge in [0.25, 0.3) is 0 Å². The molecule has 194 valence electrons. The molecule has 1 atom stereocenters. The molecule has 3 aromatic rings. The summed E-state index contributed by atoms with van der Waals surface area (Å²) < 4.78 is 10.7. The van der Waals surface area contributed by atoms with E-state index in [0.717, 1.165) is 58.8 Å². The number of aliphatic carboxylic acids is 1. The van der Waals surface area contributed by atoms with Crippen LogP contribution in [0.4, 0.5) is 4.79 Å². The molecule has 37 heavy (non-hydrogen) atoms. The minimum absolute atomic E-state index is 0.0585. The van der Waals surface area contributed by atoms with Gasteiger partial charge in [-0.2, -0.15) is 11.8 Å². The molecule has 2 N–H and O–H groups in total. The Hall–Kier alpha value is -3.45. The highest BCUT2D eigenvalue weighted by Crippen LogP contribution is 2.44. The molecule has 6 nitrogen and oxygen atoms in total. The maximum atomic E-state index is 12.5. The van der Waals surface area contributed by atoms with Crippen molar-refractivity contribution in [2.45, 2.75) is 43.4 Å². The van der Waals surface area contributed by atoms with Crippen LogP contribution in [-0.2, 0) is 15.3 Å². The molecule has 0 aromatic heterocycles. The van der Waals surface area contributed by atoms with Crippen molar-refractivity contribution in [2.75, 3.05) is 19.5 Å². The lowest BCUT2D eigenvalue weighted by Gasteiger charge is -2.17. The van der Waals surface area contributed by atoms with E-state index in [-0.39, 0.29) is 12.5 Å². The normalized spacial score (nSPS) is 12.9. The summed E-state index contributed by atoms with van der Waals surface area (Å²) >= 11 is 1.86. The summed E-state index contributed by atoms with van der Waals surface area (Å²) in [6.45, 7) is 0.164. The molecular formula is C30H33NO5S. The molecule has 1 amide bonds. The van der Waals surface area contributed by atoms with E-state index < -0.39 is 18.1 Å². The Morgan fingerprint density at radius 2 is 1.57 bits per heavy atom. The van der Waals surface area contributed by atoms with Gasteiger partial charge in [-0.15, -0.1) is 0 Å². The quantitative estimate of drug-likeness (QED) is 0.251. The number of hydrogen-bond donors (Lipinski definition) is 2. The van der Waals surface area contributed by atoms with Crippen LogP contribution in [0.5, 0.6) is 5.75 Å². The first-order chi connectivity index (χ1) is 18.1. The average Bonchev–Trinajstić information content (AvgIpc) is 3.24. The van der Waals surface area contributed by atoms with Crippen LogP contribution in [-0.4, -0.2) is 42.7 Å². The summed E-state index contributed by atoms with van der Waals surface area (Å²) in [4.78, 5) is 24.2. The van der Waals surface area contributed by atoms with Crippen LogP contribution in [0.3, 0.4) is 0 Å². The van der Waals surface area contributed by atoms with E-state index in [0.29, 0.717) is 6.42 Å². The molecular weight excluding hydrogens is 486 g/mol. The second-order valence-corrected chi connectivity index (χ2v) is 10.2. The van der Waals surface area contributed by atoms with Crippen molar-refractivity contribution in [2.24, 2.45) is 0 Å². The predicted octanol–water partition coefficient (Wildman–Crippen LogP) is 6.48. The van der Waals surface area contributed by atoms with Gasteiger partial charge in [0.15, 0.2) is 0 Å². The first-order valence-electron chi connectivity index (χ1n) is 12.6. The molecule has 0 saturated heterocycles. The van der Waals surface area contributed by atoms with Crippen molar-refractivity contribution in [3.05, 3.63) is 89.5 Å². The lowest BCUT2D eigenvalue weighted by atomic mass is 9.98. The van der Waals surface area contributed by atoms with E-state index in [1.165, 1.54) is 5.56 Å². The summed E-state index contributed by atoms with van der Waals surface area (Å²) in [6, 6.07) is 23.3. The lowest BCUT2D eigenvalue weighted by molar-refractivity contribution is -0.139. The molecule has 3 aromatic carbocycles. The van der Waals surface area contributed by atoms with Gasteiger partial charge in [0.1, 0.15) is 18.4 Å². The number of benzene rings is 3. The average molecular weight is 520 g/mol. The summed E-state index contributed by atoms with van der Waals surface area (Å²) in [6.07, 6.45) is 2.32. The molecule has 0 heterocycles. The first-order valence-corrected chi connectivity index (χ1v) is 13.8. The number of methoxy groups -OCH3 is 1. The number of carboxylic acid groups (broad SMARTS) is 1. The van der Waals surface area contributed by atoms with Gasteiger partial charge in [-0.1, -0.05) is 73.5 Å². The number of hydrogen-bond acceptors (Lipinski definition) is 5. The first kappa shape index (κ1) is 26.6. The van der Waals surface area contributed by atoms with Gasteiger partial charge in [0.2, 0.25) is 0 Å². The third kappa shape index (κ3) is 7.07. The van der Waals surface area contributed by atoms with E-state index in [9.17, 15) is 14.7 Å². The fraction of sp³-hybridized carbons (Fsp3) is 0.333. The predicted molar refractivity (Wildman–Crippen MR) is 147 cm³/mol. The number of unbranched alkanes of at least 4 members (excludes halogenated alkanes) is 2. The van der Waals surface area contributed by atoms with Gasteiger partial charge in [0.05, 0.1) is 7.11 Å². The monoisotopic (exact) mass is 519 g/mol. The summed E-state index contributed by atoms with van der Waals surface area (Å²) in [7, 11) is 1.66. The highest BCUT2D eigenvalue weighted by molar-refractivity contribution is 7.98. The highest BCUT2D eigenvalue weighted by atomic mass is 32.2. The Morgan fingerprint density at radius 3 is 2.19 bits per heavy atom. The van der Waals surface area contributed by atoms with E-state index in [1.807, 2.05) is 48.2 Å². The molecule has 4 rings (SSSR count). The number of ether oxygens (including phenoxy) is 2. The van der Waals surface area contributed by atoms with Gasteiger partial charge in [-0.25, -0.2) is 9.59 Å². The third-order valence-electron chi connectivity index (χ3n) is 6.64. The van der Waals surface area contributed by atoms with Crippen LogP contribution in [0.15, 0.2) is 72.8 Å². The molecule has 0 unspecified atom stereocenters. The zero-order valence-corrected chi connectivity index (χ0v) is 21.8. The van der Waals surface area contributed by atoms with Gasteiger partial charge in [0, 0.05) is 11.7 Å². The number of carbonyl (C=O) groups excluding carboxylic acids is 1. The highest BCUT2D eigenvalue weighted by Gasteiger charge is 2.29. The lowest BCUT2D eigenvalue weighted by Crippen LogP contribution is -2.41. The summed E-state index contributed by atoms with van der Waals surface area (Å²) in [5.74, 6) is 1.70. The maximum Gasteiger partial charge on any atom is 0.407 e. The summed E-state index contributed by atoms with van der Waals surface area (Å²) in [5, 5.41) is 12.1. The van der Waals surface area contributed by atoms with E-state index >= 15 is 0 Å². The SMILES string of the molecule is COc1ccc(CSCCCCC[C@H](NC(=O)OCC2c3ccccc3-c3ccccc32)C(=O)O)cc1. The standard InChI is InChI=1S/C30H33NO5S/c1-35-22-16-14-21(15-17-22)20-37-18-8-2-3-13-28(29(32)33)31-30(34)36-19-27-25-11-6-4-9-23(25)24-10-5-7-12-26(24)27/h4-7,9-12,14-17,27-28H,2-3,8,13,18-20H2,1H3,(H,31,34)(H,32,33)/t28-/m0/s1. The summed E-state index contributed by atoms with van der Waals surface area (Å²) in [5.41, 5.74) is 5.80. The van der Waals surface area contributed by atoms with Crippen molar-refractivity contribution < 1.29 is 24.2 Å². The molecule has 0 aliphatic heterocycles. The molecule has 7 heteroatoms. The fourth-order valence-electron chi connectivity index (χ4n) is 4.68. The number of amides is 1. The van der Waals surface area contributed by atoms with Crippen LogP contribution in [0.1, 0.15) is 48.3 Å². The molecule has 1 aliphatic carbocycles. The second kappa shape index (κ2) is 13.2. The largest absolute Gasteiger partial charge is 0.497 e. The number of carboxylic acids is 1. The Labute approximate surface area is 222 Å². The van der Waals surface area contributed by atoms with Crippen molar-refractivity contribution in [1.82, 2.24) is 5.32 Å². The minimum atomic E-state index is -1.04. The molecule has 0 radical (unpaired) electrons. The van der Waals surface area contributed by atoms with E-state index in [1.54, 1.807) is 7.11 Å². The fourth-order valence-corrected chi connectivity index (χ4v) is 5.66. The maximum absolute atomic E-state index is 12.5. The van der Waals surface area contributed by atoms with Gasteiger partial charge in [-0.3, -0.25) is 0 Å². The van der Waals surface area contributed by atoms with Gasteiger partial charge < -0.3 is 19.9 Å². The van der Waals surface area contributed by atoms with Crippen LogP contribution < -0.4 is 10.1 Å². The van der Waals surface area contributed by atoms with Gasteiger partial charge >= 0.3 is 12.1 Å². The third-order valence-corrected chi connectivity index (χ3v) is 7.76. The number of thioether (sulfide) groups is 1. The molecule has 0 saturated carbocycles. The molecule has 0 fully saturated rings. The molecule has 0 spiro atoms. The Bertz CT molecular complexity index is 1150. The zero-order chi connectivity index (χ0) is 26.0. The number of carbonyl (C=O) groups is 2. The van der Waals surface area contributed by atoms with Crippen molar-refractivity contribution >= 4 is 23.8 Å². The second-order valence-electron chi connectivity index (χ2n) is 9.11. The Balaban J connectivity index is 1.17. The van der Waals surface area contributed by atoms with Crippen molar-refractivity contribution in [1.29, 1.82) is 0 Å². The van der Waals surface area contributed by atoms with E-state index in [2.05, 4.69) is 41.7 Å². The van der Waals surface area contributed by atoms with Crippen LogP contribution >= 0.6 is 11.8 Å². The van der Waals surface area contributed by atoms with Crippen molar-refractivity contribution in [3.63, 3.8) is 0 Å². The van der Waals surface area contributed by atoms with Crippen LogP contribution in [0.2, 0.25) is 0 Å². The van der Waals surface area contributed by atoms with E-state index in [4.69, 9.17) is 9.47 Å². The zero-order valence-electron chi connectivity index (χ0n) is 21.0. The Morgan fingerprint density at radius 1 is 0.919 bits per heavy atom. The number of nitrogens with one attached hydrogen (secondary N) is 1.